The molecule has 0 bridgehead atoms. The van der Waals surface area contributed by atoms with Gasteiger partial charge in [0.2, 0.25) is 0 Å². The second-order valence-corrected chi connectivity index (χ2v) is 5.68. The molecular formula is C17H12BrF3O3. The van der Waals surface area contributed by atoms with Gasteiger partial charge in [0.05, 0.1) is 12.7 Å². The van der Waals surface area contributed by atoms with Gasteiger partial charge in [0.15, 0.2) is 17.3 Å². The number of aromatic hydroxyl groups is 1. The molecular weight excluding hydrogens is 389 g/mol. The molecule has 3 nitrogen and oxygen atoms in total. The molecule has 24 heavy (non-hydrogen) atoms. The van der Waals surface area contributed by atoms with Crippen LogP contribution in [-0.4, -0.2) is 18.0 Å². The van der Waals surface area contributed by atoms with Gasteiger partial charge in [-0.2, -0.15) is 13.2 Å². The van der Waals surface area contributed by atoms with Gasteiger partial charge in [-0.3, -0.25) is 4.79 Å². The Labute approximate surface area is 144 Å². The number of carbonyl (C=O) groups is 1. The minimum Gasteiger partial charge on any atom is -0.504 e. The second kappa shape index (κ2) is 7.09. The fourth-order valence-corrected chi connectivity index (χ4v) is 2.42. The van der Waals surface area contributed by atoms with Crippen LogP contribution in [0.25, 0.3) is 6.08 Å². The quantitative estimate of drug-likeness (QED) is 0.574. The summed E-state index contributed by atoms with van der Waals surface area (Å²) in [6.45, 7) is 0. The summed E-state index contributed by atoms with van der Waals surface area (Å²) in [4.78, 5) is 12.1. The summed E-state index contributed by atoms with van der Waals surface area (Å²) < 4.78 is 43.5. The summed E-state index contributed by atoms with van der Waals surface area (Å²) in [5, 5.41) is 9.63. The fraction of sp³-hybridized carbons (Fsp3) is 0.118. The van der Waals surface area contributed by atoms with Crippen LogP contribution < -0.4 is 4.74 Å². The highest BCUT2D eigenvalue weighted by Crippen LogP contribution is 2.33. The number of rotatable bonds is 4. The molecule has 7 heteroatoms. The average molecular weight is 401 g/mol. The Bertz CT molecular complexity index is 798. The summed E-state index contributed by atoms with van der Waals surface area (Å²) in [7, 11) is 1.38. The molecule has 0 radical (unpaired) electrons. The smallest absolute Gasteiger partial charge is 0.416 e. The van der Waals surface area contributed by atoms with Crippen molar-refractivity contribution in [1.82, 2.24) is 0 Å². The number of phenols is 1. The first-order chi connectivity index (χ1) is 11.2. The largest absolute Gasteiger partial charge is 0.504 e. The minimum absolute atomic E-state index is 0.0667. The van der Waals surface area contributed by atoms with E-state index in [-0.39, 0.29) is 17.1 Å². The third-order valence-electron chi connectivity index (χ3n) is 3.19. The molecule has 0 aliphatic carbocycles. The Kier molecular flexibility index (Phi) is 5.33. The van der Waals surface area contributed by atoms with Crippen LogP contribution in [-0.2, 0) is 6.18 Å². The maximum absolute atomic E-state index is 12.7. The molecule has 2 aromatic rings. The molecule has 0 heterocycles. The monoisotopic (exact) mass is 400 g/mol. The van der Waals surface area contributed by atoms with Gasteiger partial charge in [-0.25, -0.2) is 0 Å². The molecule has 0 unspecified atom stereocenters. The minimum atomic E-state index is -4.51. The lowest BCUT2D eigenvalue weighted by Gasteiger charge is -2.07. The molecule has 0 saturated heterocycles. The molecule has 2 aromatic carbocycles. The zero-order valence-electron chi connectivity index (χ0n) is 12.4. The lowest BCUT2D eigenvalue weighted by atomic mass is 10.1. The molecule has 0 aliphatic rings. The lowest BCUT2D eigenvalue weighted by Crippen LogP contribution is -2.06. The number of phenolic OH excluding ortho intramolecular Hbond substituents is 1. The van der Waals surface area contributed by atoms with Crippen molar-refractivity contribution in [2.75, 3.05) is 7.11 Å². The third-order valence-corrected chi connectivity index (χ3v) is 3.87. The molecule has 0 aromatic heterocycles. The van der Waals surface area contributed by atoms with Crippen molar-refractivity contribution < 1.29 is 27.8 Å². The highest BCUT2D eigenvalue weighted by atomic mass is 79.9. The maximum atomic E-state index is 12.7. The molecule has 2 rings (SSSR count). The van der Waals surface area contributed by atoms with Crippen LogP contribution in [0.4, 0.5) is 13.2 Å². The van der Waals surface area contributed by atoms with Gasteiger partial charge in [-0.05, 0) is 42.0 Å². The summed E-state index contributed by atoms with van der Waals surface area (Å²) in [6, 6.07) is 7.10. The summed E-state index contributed by atoms with van der Waals surface area (Å²) in [5.74, 6) is -0.435. The van der Waals surface area contributed by atoms with Gasteiger partial charge in [0, 0.05) is 10.0 Å². The van der Waals surface area contributed by atoms with E-state index in [1.54, 1.807) is 0 Å². The topological polar surface area (TPSA) is 46.5 Å². The van der Waals surface area contributed by atoms with E-state index in [2.05, 4.69) is 15.9 Å². The van der Waals surface area contributed by atoms with E-state index < -0.39 is 17.5 Å². The van der Waals surface area contributed by atoms with Crippen molar-refractivity contribution in [3.05, 3.63) is 63.6 Å². The predicted octanol–water partition coefficient (Wildman–Crippen LogP) is 5.08. The molecule has 0 atom stereocenters. The molecule has 0 saturated carbocycles. The number of allylic oxidation sites excluding steroid dienone is 1. The van der Waals surface area contributed by atoms with Gasteiger partial charge < -0.3 is 9.84 Å². The van der Waals surface area contributed by atoms with E-state index in [0.29, 0.717) is 10.0 Å². The Morgan fingerprint density at radius 3 is 2.58 bits per heavy atom. The van der Waals surface area contributed by atoms with Crippen LogP contribution >= 0.6 is 15.9 Å². The molecule has 0 spiro atoms. The number of alkyl halides is 3. The van der Waals surface area contributed by atoms with E-state index >= 15 is 0 Å². The Balaban J connectivity index is 2.29. The number of ether oxygens (including phenoxy) is 1. The van der Waals surface area contributed by atoms with Crippen LogP contribution in [0.2, 0.25) is 0 Å². The zero-order chi connectivity index (χ0) is 17.9. The van der Waals surface area contributed by atoms with Gasteiger partial charge >= 0.3 is 6.18 Å². The Hall–Kier alpha value is -2.28. The lowest BCUT2D eigenvalue weighted by molar-refractivity contribution is -0.137. The number of benzene rings is 2. The van der Waals surface area contributed by atoms with Crippen LogP contribution in [0.5, 0.6) is 11.5 Å². The number of hydrogen-bond acceptors (Lipinski definition) is 3. The van der Waals surface area contributed by atoms with Crippen LogP contribution in [0.1, 0.15) is 21.5 Å². The Morgan fingerprint density at radius 1 is 1.25 bits per heavy atom. The number of hydrogen-bond donors (Lipinski definition) is 1. The van der Waals surface area contributed by atoms with E-state index in [1.165, 1.54) is 37.5 Å². The van der Waals surface area contributed by atoms with E-state index in [1.807, 2.05) is 0 Å². The zero-order valence-corrected chi connectivity index (χ0v) is 14.0. The van der Waals surface area contributed by atoms with Gasteiger partial charge in [-0.1, -0.05) is 28.1 Å². The van der Waals surface area contributed by atoms with Crippen molar-refractivity contribution in [1.29, 1.82) is 0 Å². The molecule has 1 N–H and O–H groups in total. The SMILES string of the molecule is COc1cc(C=CC(=O)c2cccc(C(F)(F)F)c2)c(Br)cc1O. The molecule has 126 valence electrons. The van der Waals surface area contributed by atoms with Crippen molar-refractivity contribution in [3.63, 3.8) is 0 Å². The predicted molar refractivity (Wildman–Crippen MR) is 87.2 cm³/mol. The van der Waals surface area contributed by atoms with Crippen LogP contribution in [0, 0.1) is 0 Å². The number of methoxy groups -OCH3 is 1. The fourth-order valence-electron chi connectivity index (χ4n) is 1.96. The van der Waals surface area contributed by atoms with Gasteiger partial charge in [0.1, 0.15) is 0 Å². The summed E-state index contributed by atoms with van der Waals surface area (Å²) in [5.41, 5.74) is -0.415. The Morgan fingerprint density at radius 2 is 1.96 bits per heavy atom. The number of halogens is 4. The van der Waals surface area contributed by atoms with Gasteiger partial charge in [-0.15, -0.1) is 0 Å². The highest BCUT2D eigenvalue weighted by molar-refractivity contribution is 9.10. The molecule has 0 amide bonds. The van der Waals surface area contributed by atoms with Crippen molar-refractivity contribution in [3.8, 4) is 11.5 Å². The first-order valence-corrected chi connectivity index (χ1v) is 7.48. The van der Waals surface area contributed by atoms with E-state index in [4.69, 9.17) is 4.74 Å². The van der Waals surface area contributed by atoms with Gasteiger partial charge in [0.25, 0.3) is 0 Å². The maximum Gasteiger partial charge on any atom is 0.416 e. The van der Waals surface area contributed by atoms with Crippen LogP contribution in [0.3, 0.4) is 0 Å². The van der Waals surface area contributed by atoms with Crippen LogP contribution in [0.15, 0.2) is 46.9 Å². The standard InChI is InChI=1S/C17H12BrF3O3/c1-24-16-8-10(13(18)9-15(16)23)5-6-14(22)11-3-2-4-12(7-11)17(19,20)21/h2-9,23H,1H3. The average Bonchev–Trinajstić information content (AvgIpc) is 2.53. The highest BCUT2D eigenvalue weighted by Gasteiger charge is 2.30. The van der Waals surface area contributed by atoms with E-state index in [9.17, 15) is 23.1 Å². The van der Waals surface area contributed by atoms with Crippen molar-refractivity contribution in [2.24, 2.45) is 0 Å². The van der Waals surface area contributed by atoms with Crippen molar-refractivity contribution >= 4 is 27.8 Å². The summed E-state index contributed by atoms with van der Waals surface area (Å²) in [6.07, 6.45) is -1.92. The normalized spacial score (nSPS) is 11.7. The van der Waals surface area contributed by atoms with Crippen molar-refractivity contribution in [2.45, 2.75) is 6.18 Å². The number of carbonyl (C=O) groups excluding carboxylic acids is 1. The summed E-state index contributed by atoms with van der Waals surface area (Å²) >= 11 is 3.23. The third kappa shape index (κ3) is 4.17. The molecule has 0 fully saturated rings. The van der Waals surface area contributed by atoms with E-state index in [0.717, 1.165) is 18.2 Å². The molecule has 0 aliphatic heterocycles. The first-order valence-electron chi connectivity index (χ1n) is 6.68. The number of ketones is 1. The first kappa shape index (κ1) is 18.1. The second-order valence-electron chi connectivity index (χ2n) is 4.82.